The van der Waals surface area contributed by atoms with Crippen molar-refractivity contribution in [1.82, 2.24) is 0 Å². The van der Waals surface area contributed by atoms with Crippen molar-refractivity contribution in [2.75, 3.05) is 30.6 Å². The molecular weight excluding hydrogens is 428 g/mol. The quantitative estimate of drug-likeness (QED) is 0.531. The number of anilines is 2. The van der Waals surface area contributed by atoms with Crippen molar-refractivity contribution in [2.45, 2.75) is 19.9 Å². The molecule has 3 aromatic rings. The summed E-state index contributed by atoms with van der Waals surface area (Å²) in [6.07, 6.45) is 1.95. The molecule has 6 nitrogen and oxygen atoms in total. The average Bonchev–Trinajstić information content (AvgIpc) is 2.85. The van der Waals surface area contributed by atoms with Crippen LogP contribution >= 0.6 is 0 Å². The van der Waals surface area contributed by atoms with Gasteiger partial charge in [-0.05, 0) is 49.2 Å². The fraction of sp³-hybridized carbons (Fsp3) is 0.214. The molecule has 1 atom stereocenters. The third-order valence-corrected chi connectivity index (χ3v) is 5.94. The van der Waals surface area contributed by atoms with Crippen LogP contribution in [0, 0.1) is 6.92 Å². The highest BCUT2D eigenvalue weighted by atomic mass is 16.5. The summed E-state index contributed by atoms with van der Waals surface area (Å²) in [5, 5.41) is 0. The molecule has 3 aromatic carbocycles. The van der Waals surface area contributed by atoms with E-state index in [0.29, 0.717) is 22.9 Å². The minimum absolute atomic E-state index is 0.0927. The van der Waals surface area contributed by atoms with E-state index in [9.17, 15) is 9.59 Å². The first-order chi connectivity index (χ1) is 16.4. The van der Waals surface area contributed by atoms with Crippen LogP contribution in [0.1, 0.15) is 18.1 Å². The van der Waals surface area contributed by atoms with E-state index in [2.05, 4.69) is 0 Å². The first kappa shape index (κ1) is 23.1. The number of nitrogens with zero attached hydrogens (tertiary/aromatic N) is 2. The van der Waals surface area contributed by atoms with Gasteiger partial charge in [0.2, 0.25) is 5.91 Å². The number of benzene rings is 3. The maximum atomic E-state index is 14.0. The average molecular weight is 457 g/mol. The molecule has 0 spiro atoms. The van der Waals surface area contributed by atoms with Crippen molar-refractivity contribution in [3.63, 3.8) is 0 Å². The monoisotopic (exact) mass is 456 g/mol. The highest BCUT2D eigenvalue weighted by molar-refractivity contribution is 6.16. The van der Waals surface area contributed by atoms with Gasteiger partial charge in [-0.1, -0.05) is 54.1 Å². The maximum absolute atomic E-state index is 14.0. The lowest BCUT2D eigenvalue weighted by atomic mass is 9.98. The molecule has 0 aromatic heterocycles. The van der Waals surface area contributed by atoms with Crippen LogP contribution in [0.2, 0.25) is 0 Å². The Labute approximate surface area is 200 Å². The fourth-order valence-corrected chi connectivity index (χ4v) is 4.19. The Morgan fingerprint density at radius 2 is 1.65 bits per heavy atom. The van der Waals surface area contributed by atoms with Crippen molar-refractivity contribution >= 4 is 29.3 Å². The lowest BCUT2D eigenvalue weighted by Gasteiger charge is -2.41. The van der Waals surface area contributed by atoms with E-state index in [1.165, 1.54) is 12.0 Å². The zero-order chi connectivity index (χ0) is 24.2. The second-order valence-electron chi connectivity index (χ2n) is 8.26. The molecule has 0 aliphatic carbocycles. The van der Waals surface area contributed by atoms with Crippen molar-refractivity contribution in [2.24, 2.45) is 0 Å². The number of hydrogen-bond donors (Lipinski definition) is 0. The molecular formula is C28H28N2O4. The first-order valence-corrected chi connectivity index (χ1v) is 11.1. The van der Waals surface area contributed by atoms with Crippen LogP contribution in [0.25, 0.3) is 6.08 Å². The standard InChI is InChI=1S/C28H28N2O4/c1-19-10-12-22(13-11-19)30-26(31)18-29(24-15-14-23(33-3)17-25(24)34-4)28(32)27(30)20(2)16-21-8-6-5-7-9-21/h5-17,27H,18H2,1-4H3/b20-16+. The highest BCUT2D eigenvalue weighted by Crippen LogP contribution is 2.36. The van der Waals surface area contributed by atoms with Gasteiger partial charge in [0.25, 0.3) is 5.91 Å². The summed E-state index contributed by atoms with van der Waals surface area (Å²) in [5.74, 6) is 0.697. The molecule has 1 unspecified atom stereocenters. The number of carbonyl (C=O) groups excluding carboxylic acids is 2. The summed E-state index contributed by atoms with van der Waals surface area (Å²) >= 11 is 0. The van der Waals surface area contributed by atoms with Gasteiger partial charge in [-0.2, -0.15) is 0 Å². The van der Waals surface area contributed by atoms with E-state index >= 15 is 0 Å². The van der Waals surface area contributed by atoms with Crippen molar-refractivity contribution in [1.29, 1.82) is 0 Å². The Balaban J connectivity index is 1.81. The number of rotatable bonds is 6. The maximum Gasteiger partial charge on any atom is 0.255 e. The normalized spacial score (nSPS) is 16.6. The minimum atomic E-state index is -0.795. The zero-order valence-electron chi connectivity index (χ0n) is 19.8. The molecule has 0 N–H and O–H groups in total. The molecule has 6 heteroatoms. The number of carbonyl (C=O) groups is 2. The minimum Gasteiger partial charge on any atom is -0.497 e. The lowest BCUT2D eigenvalue weighted by Crippen LogP contribution is -2.61. The van der Waals surface area contributed by atoms with Crippen LogP contribution < -0.4 is 19.3 Å². The van der Waals surface area contributed by atoms with Crippen LogP contribution in [0.15, 0.2) is 78.4 Å². The van der Waals surface area contributed by atoms with Gasteiger partial charge in [0.15, 0.2) is 0 Å². The largest absolute Gasteiger partial charge is 0.497 e. The van der Waals surface area contributed by atoms with E-state index in [1.807, 2.05) is 74.5 Å². The van der Waals surface area contributed by atoms with Crippen molar-refractivity contribution < 1.29 is 19.1 Å². The van der Waals surface area contributed by atoms with E-state index in [-0.39, 0.29) is 18.4 Å². The molecule has 0 saturated carbocycles. The van der Waals surface area contributed by atoms with Crippen molar-refractivity contribution in [3.05, 3.63) is 89.5 Å². The van der Waals surface area contributed by atoms with Gasteiger partial charge in [-0.25, -0.2) is 0 Å². The Hall–Kier alpha value is -4.06. The number of amides is 2. The molecule has 174 valence electrons. The number of piperazine rings is 1. The molecule has 1 aliphatic heterocycles. The van der Waals surface area contributed by atoms with E-state index < -0.39 is 6.04 Å². The van der Waals surface area contributed by atoms with Crippen LogP contribution in [0.3, 0.4) is 0 Å². The van der Waals surface area contributed by atoms with Crippen LogP contribution in [0.5, 0.6) is 11.5 Å². The molecule has 1 saturated heterocycles. The predicted molar refractivity (Wildman–Crippen MR) is 134 cm³/mol. The highest BCUT2D eigenvalue weighted by Gasteiger charge is 2.42. The SMILES string of the molecule is COc1ccc(N2CC(=O)N(c3ccc(C)cc3)C(/C(C)=C/c3ccccc3)C2=O)c(OC)c1. The van der Waals surface area contributed by atoms with E-state index in [1.54, 1.807) is 30.2 Å². The molecule has 1 aliphatic rings. The van der Waals surface area contributed by atoms with Gasteiger partial charge >= 0.3 is 0 Å². The van der Waals surface area contributed by atoms with E-state index in [4.69, 9.17) is 9.47 Å². The van der Waals surface area contributed by atoms with Gasteiger partial charge < -0.3 is 9.47 Å². The third kappa shape index (κ3) is 4.53. The number of ether oxygens (including phenoxy) is 2. The molecule has 1 heterocycles. The molecule has 34 heavy (non-hydrogen) atoms. The van der Waals surface area contributed by atoms with Crippen molar-refractivity contribution in [3.8, 4) is 11.5 Å². The summed E-state index contributed by atoms with van der Waals surface area (Å²) in [4.78, 5) is 30.6. The molecule has 4 rings (SSSR count). The topological polar surface area (TPSA) is 59.1 Å². The summed E-state index contributed by atoms with van der Waals surface area (Å²) in [5.41, 5.74) is 4.03. The van der Waals surface area contributed by atoms with Gasteiger partial charge in [-0.3, -0.25) is 19.4 Å². The molecule has 0 radical (unpaired) electrons. The second kappa shape index (κ2) is 9.83. The Bertz CT molecular complexity index is 1220. The summed E-state index contributed by atoms with van der Waals surface area (Å²) in [7, 11) is 3.10. The molecule has 1 fully saturated rings. The smallest absolute Gasteiger partial charge is 0.255 e. The Morgan fingerprint density at radius 3 is 2.29 bits per heavy atom. The van der Waals surface area contributed by atoms with Crippen LogP contribution in [-0.2, 0) is 9.59 Å². The van der Waals surface area contributed by atoms with E-state index in [0.717, 1.165) is 16.7 Å². The summed E-state index contributed by atoms with van der Waals surface area (Å²) in [6, 6.07) is 21.8. The Morgan fingerprint density at radius 1 is 0.941 bits per heavy atom. The third-order valence-electron chi connectivity index (χ3n) is 5.94. The van der Waals surface area contributed by atoms with Gasteiger partial charge in [0, 0.05) is 11.8 Å². The number of hydrogen-bond acceptors (Lipinski definition) is 4. The Kier molecular flexibility index (Phi) is 6.68. The second-order valence-corrected chi connectivity index (χ2v) is 8.26. The number of aryl methyl sites for hydroxylation is 1. The predicted octanol–water partition coefficient (Wildman–Crippen LogP) is 4.86. The van der Waals surface area contributed by atoms with Crippen LogP contribution in [0.4, 0.5) is 11.4 Å². The molecule has 2 amide bonds. The summed E-state index contributed by atoms with van der Waals surface area (Å²) in [6.45, 7) is 3.78. The first-order valence-electron chi connectivity index (χ1n) is 11.1. The summed E-state index contributed by atoms with van der Waals surface area (Å²) < 4.78 is 10.8. The zero-order valence-corrected chi connectivity index (χ0v) is 19.8. The van der Waals surface area contributed by atoms with Gasteiger partial charge in [-0.15, -0.1) is 0 Å². The van der Waals surface area contributed by atoms with Crippen LogP contribution in [-0.4, -0.2) is 38.6 Å². The fourth-order valence-electron chi connectivity index (χ4n) is 4.19. The lowest BCUT2D eigenvalue weighted by molar-refractivity contribution is -0.127. The van der Waals surface area contributed by atoms with Gasteiger partial charge in [0.1, 0.15) is 24.1 Å². The van der Waals surface area contributed by atoms with Gasteiger partial charge in [0.05, 0.1) is 19.9 Å². The number of methoxy groups -OCH3 is 2. The molecule has 0 bridgehead atoms.